The summed E-state index contributed by atoms with van der Waals surface area (Å²) in [6.07, 6.45) is 0.481. The minimum absolute atomic E-state index is 0.251. The van der Waals surface area contributed by atoms with Gasteiger partial charge in [0.05, 0.1) is 4.90 Å². The molecule has 17 heavy (non-hydrogen) atoms. The van der Waals surface area contributed by atoms with Crippen LogP contribution in [0.5, 0.6) is 0 Å². The quantitative estimate of drug-likeness (QED) is 0.363. The van der Waals surface area contributed by atoms with Crippen LogP contribution in [0.4, 0.5) is 0 Å². The van der Waals surface area contributed by atoms with Crippen LogP contribution in [0.2, 0.25) is 0 Å². The van der Waals surface area contributed by atoms with Crippen LogP contribution in [0.25, 0.3) is 10.4 Å². The van der Waals surface area contributed by atoms with Gasteiger partial charge in [-0.25, -0.2) is 13.1 Å². The highest BCUT2D eigenvalue weighted by molar-refractivity contribution is 7.89. The summed E-state index contributed by atoms with van der Waals surface area (Å²) in [5.41, 5.74) is 8.94. The lowest BCUT2D eigenvalue weighted by molar-refractivity contribution is 0.579. The Bertz CT molecular complexity index is 521. The number of aryl methyl sites for hydroxylation is 1. The molecule has 1 rings (SSSR count). The highest BCUT2D eigenvalue weighted by Gasteiger charge is 2.12. The highest BCUT2D eigenvalue weighted by atomic mass is 32.2. The third-order valence-electron chi connectivity index (χ3n) is 2.09. The van der Waals surface area contributed by atoms with Gasteiger partial charge in [0.2, 0.25) is 10.0 Å². The van der Waals surface area contributed by atoms with Crippen LogP contribution in [-0.4, -0.2) is 21.5 Å². The van der Waals surface area contributed by atoms with E-state index in [1.807, 2.05) is 13.0 Å². The summed E-state index contributed by atoms with van der Waals surface area (Å²) in [5, 5.41) is 3.32. The van der Waals surface area contributed by atoms with Gasteiger partial charge in [-0.15, -0.1) is 0 Å². The molecule has 0 aliphatic rings. The van der Waals surface area contributed by atoms with E-state index in [-0.39, 0.29) is 18.0 Å². The average molecular weight is 254 g/mol. The number of nitrogens with zero attached hydrogens (tertiary/aromatic N) is 3. The first-order valence-electron chi connectivity index (χ1n) is 5.13. The molecule has 0 radical (unpaired) electrons. The zero-order valence-electron chi connectivity index (χ0n) is 9.50. The van der Waals surface area contributed by atoms with E-state index < -0.39 is 10.0 Å². The molecule has 0 heterocycles. The van der Waals surface area contributed by atoms with Crippen molar-refractivity contribution in [2.45, 2.75) is 18.2 Å². The van der Waals surface area contributed by atoms with Gasteiger partial charge in [0, 0.05) is 18.0 Å². The maximum atomic E-state index is 11.8. The third kappa shape index (κ3) is 4.44. The molecule has 1 aromatic rings. The Labute approximate surface area is 100 Å². The monoisotopic (exact) mass is 254 g/mol. The molecule has 0 aliphatic heterocycles. The molecule has 0 aliphatic carbocycles. The van der Waals surface area contributed by atoms with Crippen LogP contribution < -0.4 is 4.72 Å². The molecule has 0 atom stereocenters. The molecule has 0 bridgehead atoms. The summed E-state index contributed by atoms with van der Waals surface area (Å²) in [4.78, 5) is 2.84. The number of hydrogen-bond acceptors (Lipinski definition) is 3. The predicted octanol–water partition coefficient (Wildman–Crippen LogP) is 1.97. The molecule has 0 saturated heterocycles. The SMILES string of the molecule is Cc1cccc(S(=O)(=O)NCCCN=[N+]=[N-])c1. The topological polar surface area (TPSA) is 94.9 Å². The van der Waals surface area contributed by atoms with Gasteiger partial charge in [-0.1, -0.05) is 17.2 Å². The van der Waals surface area contributed by atoms with Crippen LogP contribution in [0.15, 0.2) is 34.3 Å². The molecule has 6 nitrogen and oxygen atoms in total. The maximum absolute atomic E-state index is 11.8. The third-order valence-corrected chi connectivity index (χ3v) is 3.55. The molecule has 0 fully saturated rings. The first-order valence-corrected chi connectivity index (χ1v) is 6.62. The van der Waals surface area contributed by atoms with Gasteiger partial charge in [0.1, 0.15) is 0 Å². The second-order valence-corrected chi connectivity index (χ2v) is 5.29. The van der Waals surface area contributed by atoms with Crippen molar-refractivity contribution >= 4 is 10.0 Å². The normalized spacial score (nSPS) is 10.9. The second kappa shape index (κ2) is 6.24. The van der Waals surface area contributed by atoms with Crippen LogP contribution in [0.1, 0.15) is 12.0 Å². The van der Waals surface area contributed by atoms with E-state index in [0.29, 0.717) is 6.42 Å². The van der Waals surface area contributed by atoms with Crippen molar-refractivity contribution in [2.24, 2.45) is 5.11 Å². The summed E-state index contributed by atoms with van der Waals surface area (Å²) >= 11 is 0. The lowest BCUT2D eigenvalue weighted by atomic mass is 10.2. The molecular weight excluding hydrogens is 240 g/mol. The summed E-state index contributed by atoms with van der Waals surface area (Å²) in [7, 11) is -3.45. The Morgan fingerprint density at radius 2 is 2.24 bits per heavy atom. The summed E-state index contributed by atoms with van der Waals surface area (Å²) < 4.78 is 26.1. The molecule has 92 valence electrons. The Balaban J connectivity index is 2.60. The number of rotatable bonds is 6. The molecule has 0 unspecified atom stereocenters. The minimum atomic E-state index is -3.45. The fourth-order valence-electron chi connectivity index (χ4n) is 1.27. The fourth-order valence-corrected chi connectivity index (χ4v) is 2.45. The van der Waals surface area contributed by atoms with E-state index in [4.69, 9.17) is 5.53 Å². The number of hydrogen-bond donors (Lipinski definition) is 1. The number of azide groups is 1. The van der Waals surface area contributed by atoms with Crippen molar-refractivity contribution in [3.05, 3.63) is 40.3 Å². The van der Waals surface area contributed by atoms with Crippen LogP contribution in [0.3, 0.4) is 0 Å². The first-order chi connectivity index (χ1) is 8.06. The minimum Gasteiger partial charge on any atom is -0.211 e. The van der Waals surface area contributed by atoms with Crippen LogP contribution in [-0.2, 0) is 10.0 Å². The Morgan fingerprint density at radius 1 is 1.47 bits per heavy atom. The fraction of sp³-hybridized carbons (Fsp3) is 0.400. The highest BCUT2D eigenvalue weighted by Crippen LogP contribution is 2.10. The van der Waals surface area contributed by atoms with Crippen molar-refractivity contribution in [2.75, 3.05) is 13.1 Å². The van der Waals surface area contributed by atoms with Crippen molar-refractivity contribution in [1.82, 2.24) is 4.72 Å². The van der Waals surface area contributed by atoms with Gasteiger partial charge >= 0.3 is 0 Å². The Hall–Kier alpha value is -1.56. The first kappa shape index (κ1) is 13.5. The van der Waals surface area contributed by atoms with E-state index in [9.17, 15) is 8.42 Å². The summed E-state index contributed by atoms with van der Waals surface area (Å²) in [6, 6.07) is 6.68. The molecule has 1 aromatic carbocycles. The largest absolute Gasteiger partial charge is 0.240 e. The van der Waals surface area contributed by atoms with Crippen LogP contribution >= 0.6 is 0 Å². The second-order valence-electron chi connectivity index (χ2n) is 3.52. The van der Waals surface area contributed by atoms with E-state index in [0.717, 1.165) is 5.56 Å². The lowest BCUT2D eigenvalue weighted by Crippen LogP contribution is -2.25. The number of nitrogens with one attached hydrogen (secondary N) is 1. The van der Waals surface area contributed by atoms with Crippen LogP contribution in [0, 0.1) is 6.92 Å². The zero-order chi connectivity index (χ0) is 12.7. The Morgan fingerprint density at radius 3 is 2.88 bits per heavy atom. The molecule has 0 amide bonds. The summed E-state index contributed by atoms with van der Waals surface area (Å²) in [5.74, 6) is 0. The van der Waals surface area contributed by atoms with Gasteiger partial charge in [-0.3, -0.25) is 0 Å². The van der Waals surface area contributed by atoms with Crippen molar-refractivity contribution < 1.29 is 8.42 Å². The van der Waals surface area contributed by atoms with Gasteiger partial charge in [-0.2, -0.15) is 0 Å². The van der Waals surface area contributed by atoms with Crippen molar-refractivity contribution in [3.63, 3.8) is 0 Å². The Kier molecular flexibility index (Phi) is 4.96. The van der Waals surface area contributed by atoms with E-state index >= 15 is 0 Å². The lowest BCUT2D eigenvalue weighted by Gasteiger charge is -2.06. The molecule has 1 N–H and O–H groups in total. The standard InChI is InChI=1S/C10H14N4O2S/c1-9-4-2-5-10(8-9)17(15,16)13-7-3-6-12-14-11/h2,4-5,8,13H,3,6-7H2,1H3. The molecule has 0 saturated carbocycles. The molecular formula is C10H14N4O2S. The smallest absolute Gasteiger partial charge is 0.211 e. The number of sulfonamides is 1. The number of benzene rings is 1. The van der Waals surface area contributed by atoms with Gasteiger partial charge in [0.25, 0.3) is 0 Å². The summed E-state index contributed by atoms with van der Waals surface area (Å²) in [6.45, 7) is 2.38. The van der Waals surface area contributed by atoms with Gasteiger partial charge in [-0.05, 0) is 36.6 Å². The van der Waals surface area contributed by atoms with Crippen molar-refractivity contribution in [1.29, 1.82) is 0 Å². The van der Waals surface area contributed by atoms with E-state index in [2.05, 4.69) is 14.7 Å². The van der Waals surface area contributed by atoms with E-state index in [1.54, 1.807) is 18.2 Å². The van der Waals surface area contributed by atoms with Gasteiger partial charge < -0.3 is 0 Å². The molecule has 0 spiro atoms. The predicted molar refractivity (Wildman–Crippen MR) is 65.0 cm³/mol. The zero-order valence-corrected chi connectivity index (χ0v) is 10.3. The van der Waals surface area contributed by atoms with Gasteiger partial charge in [0.15, 0.2) is 0 Å². The molecule has 0 aromatic heterocycles. The maximum Gasteiger partial charge on any atom is 0.240 e. The molecule has 7 heteroatoms. The van der Waals surface area contributed by atoms with Crippen molar-refractivity contribution in [3.8, 4) is 0 Å². The van der Waals surface area contributed by atoms with E-state index in [1.165, 1.54) is 0 Å². The average Bonchev–Trinajstić information content (AvgIpc) is 2.29.